The molecule has 0 amide bonds. The molecule has 0 saturated heterocycles. The number of anilines is 4. The molecule has 11 rings (SSSR count). The van der Waals surface area contributed by atoms with Gasteiger partial charge in [0.05, 0.1) is 33.5 Å². The molecule has 11 aromatic rings. The molecule has 0 unspecified atom stereocenters. The SMILES string of the molecule is CC(C)(C)c1cc(Nc2ccccc2Nc2c(-c3cc(C(C)(C)C)cc(C(C)(C)C)c3)cccc2-c2cc(C(C)(C)C)cc(C(C)(C)C)c2)cc(Oc2ccc3c4c5oc6ccccc6c5ccc4n(-c4cc(C(C)(C)C)ccn4)c3c2)c1. The minimum atomic E-state index is -0.194. The molecule has 83 heavy (non-hydrogen) atoms. The second-order valence-corrected chi connectivity index (χ2v) is 29.3. The van der Waals surface area contributed by atoms with E-state index in [1.54, 1.807) is 0 Å². The van der Waals surface area contributed by atoms with Gasteiger partial charge in [-0.25, -0.2) is 4.98 Å². The van der Waals surface area contributed by atoms with Gasteiger partial charge in [-0.1, -0.05) is 210 Å². The van der Waals surface area contributed by atoms with Crippen molar-refractivity contribution in [2.45, 2.75) is 157 Å². The van der Waals surface area contributed by atoms with Crippen molar-refractivity contribution >= 4 is 66.5 Å². The maximum absolute atomic E-state index is 7.08. The number of fused-ring (bicyclic) bond motifs is 7. The summed E-state index contributed by atoms with van der Waals surface area (Å²) in [6.45, 7) is 41.3. The van der Waals surface area contributed by atoms with Crippen LogP contribution in [0.15, 0.2) is 174 Å². The van der Waals surface area contributed by atoms with Crippen LogP contribution in [0, 0.1) is 0 Å². The van der Waals surface area contributed by atoms with Crippen molar-refractivity contribution < 1.29 is 9.15 Å². The van der Waals surface area contributed by atoms with Crippen molar-refractivity contribution in [1.29, 1.82) is 0 Å². The fourth-order valence-electron chi connectivity index (χ4n) is 11.3. The highest BCUT2D eigenvalue weighted by molar-refractivity contribution is 6.24. The Labute approximate surface area is 493 Å². The average molecular weight is 1100 g/mol. The van der Waals surface area contributed by atoms with E-state index in [1.165, 1.54) is 38.9 Å². The summed E-state index contributed by atoms with van der Waals surface area (Å²) >= 11 is 0. The Morgan fingerprint density at radius 1 is 0.398 bits per heavy atom. The van der Waals surface area contributed by atoms with Crippen molar-refractivity contribution in [2.24, 2.45) is 0 Å². The van der Waals surface area contributed by atoms with Crippen molar-refractivity contribution in [3.63, 3.8) is 0 Å². The Balaban J connectivity index is 1.04. The molecule has 6 heteroatoms. The fourth-order valence-corrected chi connectivity index (χ4v) is 11.3. The summed E-state index contributed by atoms with van der Waals surface area (Å²) in [4.78, 5) is 5.02. The summed E-state index contributed by atoms with van der Waals surface area (Å²) < 4.78 is 16.1. The van der Waals surface area contributed by atoms with Crippen LogP contribution in [0.2, 0.25) is 0 Å². The van der Waals surface area contributed by atoms with Crippen LogP contribution in [0.4, 0.5) is 22.7 Å². The number of furan rings is 1. The molecule has 0 bridgehead atoms. The van der Waals surface area contributed by atoms with E-state index in [9.17, 15) is 0 Å². The van der Waals surface area contributed by atoms with Crippen LogP contribution < -0.4 is 15.4 Å². The van der Waals surface area contributed by atoms with Gasteiger partial charge >= 0.3 is 0 Å². The Hall–Kier alpha value is -8.09. The normalized spacial score (nSPS) is 12.9. The molecule has 0 saturated carbocycles. The number of para-hydroxylation sites is 4. The number of benzene rings is 8. The molecule has 424 valence electrons. The lowest BCUT2D eigenvalue weighted by Crippen LogP contribution is -2.17. The summed E-state index contributed by atoms with van der Waals surface area (Å²) in [5.74, 6) is 2.29. The molecule has 3 aromatic heterocycles. The Kier molecular flexibility index (Phi) is 13.9. The van der Waals surface area contributed by atoms with Crippen molar-refractivity contribution in [2.75, 3.05) is 10.6 Å². The first-order valence-electron chi connectivity index (χ1n) is 29.7. The zero-order valence-electron chi connectivity index (χ0n) is 52.4. The minimum absolute atomic E-state index is 0.0589. The largest absolute Gasteiger partial charge is 0.457 e. The molecule has 0 atom stereocenters. The number of hydrogen-bond donors (Lipinski definition) is 2. The van der Waals surface area contributed by atoms with Crippen LogP contribution in [0.25, 0.3) is 71.8 Å². The van der Waals surface area contributed by atoms with Crippen molar-refractivity contribution in [3.8, 4) is 39.6 Å². The predicted molar refractivity (Wildman–Crippen MR) is 355 cm³/mol. The van der Waals surface area contributed by atoms with Crippen LogP contribution in [-0.2, 0) is 32.5 Å². The van der Waals surface area contributed by atoms with Crippen LogP contribution in [-0.4, -0.2) is 9.55 Å². The first kappa shape index (κ1) is 56.8. The first-order valence-corrected chi connectivity index (χ1v) is 29.7. The lowest BCUT2D eigenvalue weighted by Gasteiger charge is -2.28. The number of rotatable bonds is 9. The van der Waals surface area contributed by atoms with Gasteiger partial charge < -0.3 is 19.8 Å². The van der Waals surface area contributed by atoms with Gasteiger partial charge in [0.2, 0.25) is 0 Å². The smallest absolute Gasteiger partial charge is 0.145 e. The first-order chi connectivity index (χ1) is 38.9. The van der Waals surface area contributed by atoms with Gasteiger partial charge in [0.15, 0.2) is 0 Å². The molecule has 6 nitrogen and oxygen atoms in total. The van der Waals surface area contributed by atoms with E-state index in [2.05, 4.69) is 291 Å². The van der Waals surface area contributed by atoms with E-state index in [1.807, 2.05) is 18.3 Å². The molecule has 0 fully saturated rings. The fraction of sp³-hybridized carbons (Fsp3) is 0.312. The molecule has 0 spiro atoms. The van der Waals surface area contributed by atoms with Crippen molar-refractivity contribution in [1.82, 2.24) is 9.55 Å². The molecule has 0 aliphatic carbocycles. The lowest BCUT2D eigenvalue weighted by atomic mass is 9.77. The maximum Gasteiger partial charge on any atom is 0.145 e. The Bertz CT molecular complexity index is 4140. The molecule has 0 aliphatic rings. The topological polar surface area (TPSA) is 64.2 Å². The lowest BCUT2D eigenvalue weighted by molar-refractivity contribution is 0.479. The Morgan fingerprint density at radius 2 is 0.916 bits per heavy atom. The second kappa shape index (κ2) is 20.4. The quantitative estimate of drug-likeness (QED) is 0.151. The predicted octanol–water partition coefficient (Wildman–Crippen LogP) is 22.5. The molecular weight excluding hydrogens is 1010 g/mol. The summed E-state index contributed by atoms with van der Waals surface area (Å²) in [5.41, 5.74) is 19.4. The molecule has 0 aliphatic heterocycles. The van der Waals surface area contributed by atoms with E-state index in [4.69, 9.17) is 14.1 Å². The van der Waals surface area contributed by atoms with Gasteiger partial charge in [-0.3, -0.25) is 4.57 Å². The van der Waals surface area contributed by atoms with Gasteiger partial charge in [0.25, 0.3) is 0 Å². The number of aromatic nitrogens is 2. The van der Waals surface area contributed by atoms with Crippen LogP contribution in [0.3, 0.4) is 0 Å². The number of ether oxygens (including phenoxy) is 1. The van der Waals surface area contributed by atoms with Gasteiger partial charge in [0.1, 0.15) is 28.5 Å². The standard InChI is InChI=1S/C77H84N4O2/c1-72(2,3)49-34-35-78-68(44-49)81-65-33-32-61-60-24-19-22-29-67(60)83-71(61)69(65)62-31-30-56(46-66(62)81)82-57-43-54(77(16,17)18)42-55(45-57)79-63-27-20-21-28-64(63)80-70-58(47-36-50(73(4,5)6)40-51(37-47)74(7,8)9)25-23-26-59(70)48-38-52(75(10,11)12)41-53(39-48)76(13,14)15/h19-46,79-80H,1-18H3. The van der Waals surface area contributed by atoms with E-state index in [-0.39, 0.29) is 32.5 Å². The highest BCUT2D eigenvalue weighted by Crippen LogP contribution is 2.47. The maximum atomic E-state index is 7.08. The van der Waals surface area contributed by atoms with Gasteiger partial charge in [0, 0.05) is 51.3 Å². The molecule has 0 radical (unpaired) electrons. The van der Waals surface area contributed by atoms with E-state index in [0.717, 1.165) is 94.8 Å². The molecule has 3 heterocycles. The van der Waals surface area contributed by atoms with E-state index < -0.39 is 0 Å². The third-order valence-corrected chi connectivity index (χ3v) is 16.6. The third kappa shape index (κ3) is 11.3. The summed E-state index contributed by atoms with van der Waals surface area (Å²) in [7, 11) is 0. The zero-order chi connectivity index (χ0) is 59.3. The van der Waals surface area contributed by atoms with Crippen LogP contribution in [0.5, 0.6) is 11.5 Å². The summed E-state index contributed by atoms with van der Waals surface area (Å²) in [6, 6.07) is 59.9. The number of nitrogens with one attached hydrogen (secondary N) is 2. The molecule has 8 aromatic carbocycles. The summed E-state index contributed by atoms with van der Waals surface area (Å²) in [6.07, 6.45) is 1.92. The Morgan fingerprint density at radius 3 is 1.48 bits per heavy atom. The number of nitrogens with zero attached hydrogens (tertiary/aromatic N) is 2. The van der Waals surface area contributed by atoms with Gasteiger partial charge in [-0.15, -0.1) is 0 Å². The van der Waals surface area contributed by atoms with Gasteiger partial charge in [-0.05, 0) is 144 Å². The molecular formula is C77H84N4O2. The van der Waals surface area contributed by atoms with Crippen molar-refractivity contribution in [3.05, 3.63) is 203 Å². The third-order valence-electron chi connectivity index (χ3n) is 16.6. The second-order valence-electron chi connectivity index (χ2n) is 29.3. The van der Waals surface area contributed by atoms with Crippen LogP contribution >= 0.6 is 0 Å². The minimum Gasteiger partial charge on any atom is -0.457 e. The zero-order valence-corrected chi connectivity index (χ0v) is 52.4. The highest BCUT2D eigenvalue weighted by Gasteiger charge is 2.27. The van der Waals surface area contributed by atoms with E-state index in [0.29, 0.717) is 5.75 Å². The number of pyridine rings is 1. The molecule has 2 N–H and O–H groups in total. The summed E-state index contributed by atoms with van der Waals surface area (Å²) in [5, 5.41) is 12.4. The number of hydrogen-bond acceptors (Lipinski definition) is 5. The van der Waals surface area contributed by atoms with Crippen LogP contribution in [0.1, 0.15) is 158 Å². The monoisotopic (exact) mass is 1100 g/mol. The van der Waals surface area contributed by atoms with Gasteiger partial charge in [-0.2, -0.15) is 0 Å². The average Bonchev–Trinajstić information content (AvgIpc) is 1.89. The van der Waals surface area contributed by atoms with E-state index >= 15 is 0 Å². The highest BCUT2D eigenvalue weighted by atomic mass is 16.5.